The summed E-state index contributed by atoms with van der Waals surface area (Å²) in [5, 5.41) is 0. The third-order valence-electron chi connectivity index (χ3n) is 6.08. The van der Waals surface area contributed by atoms with E-state index in [0.717, 1.165) is 6.61 Å². The SMILES string of the molecule is CCCCCCCCCCCCCCCCCCCC.CCC[SiH](CCC)OCC. The van der Waals surface area contributed by atoms with Gasteiger partial charge in [-0.3, -0.25) is 0 Å². The highest BCUT2D eigenvalue weighted by Gasteiger charge is 2.07. The van der Waals surface area contributed by atoms with E-state index in [1.165, 1.54) is 141 Å². The van der Waals surface area contributed by atoms with E-state index in [1.54, 1.807) is 0 Å². The van der Waals surface area contributed by atoms with Gasteiger partial charge in [-0.2, -0.15) is 0 Å². The summed E-state index contributed by atoms with van der Waals surface area (Å²) in [7, 11) is -0.734. The molecule has 2 heteroatoms. The largest absolute Gasteiger partial charge is 0.420 e. The molecule has 0 saturated carbocycles. The Bertz CT molecular complexity index is 237. The first kappa shape index (κ1) is 32.4. The lowest BCUT2D eigenvalue weighted by molar-refractivity contribution is 0.340. The van der Waals surface area contributed by atoms with Crippen LogP contribution in [0.3, 0.4) is 0 Å². The lowest BCUT2D eigenvalue weighted by atomic mass is 10.0. The van der Waals surface area contributed by atoms with Crippen molar-refractivity contribution in [2.24, 2.45) is 0 Å². The molecule has 184 valence electrons. The maximum atomic E-state index is 5.66. The lowest BCUT2D eigenvalue weighted by Gasteiger charge is -2.12. The van der Waals surface area contributed by atoms with Gasteiger partial charge in [0.1, 0.15) is 0 Å². The molecule has 0 amide bonds. The van der Waals surface area contributed by atoms with Crippen molar-refractivity contribution in [3.63, 3.8) is 0 Å². The fourth-order valence-corrected chi connectivity index (χ4v) is 6.55. The normalized spacial score (nSPS) is 11.0. The van der Waals surface area contributed by atoms with Crippen molar-refractivity contribution in [1.82, 2.24) is 0 Å². The van der Waals surface area contributed by atoms with Gasteiger partial charge in [-0.25, -0.2) is 0 Å². The highest BCUT2D eigenvalue weighted by atomic mass is 28.3. The Morgan fingerprint density at radius 2 is 0.633 bits per heavy atom. The van der Waals surface area contributed by atoms with Crippen molar-refractivity contribution in [2.45, 2.75) is 175 Å². The molecular weight excluding hydrogens is 380 g/mol. The van der Waals surface area contributed by atoms with Gasteiger partial charge in [-0.15, -0.1) is 0 Å². The Morgan fingerprint density at radius 3 is 0.833 bits per heavy atom. The summed E-state index contributed by atoms with van der Waals surface area (Å²) >= 11 is 0. The van der Waals surface area contributed by atoms with E-state index < -0.39 is 9.04 Å². The van der Waals surface area contributed by atoms with Crippen LogP contribution < -0.4 is 0 Å². The highest BCUT2D eigenvalue weighted by molar-refractivity contribution is 6.51. The van der Waals surface area contributed by atoms with E-state index in [0.29, 0.717) is 0 Å². The summed E-state index contributed by atoms with van der Waals surface area (Å²) in [6.45, 7) is 12.1. The first-order valence-electron chi connectivity index (χ1n) is 14.4. The molecule has 0 radical (unpaired) electrons. The molecule has 0 aliphatic heterocycles. The van der Waals surface area contributed by atoms with Gasteiger partial charge in [0.05, 0.1) is 0 Å². The van der Waals surface area contributed by atoms with E-state index >= 15 is 0 Å². The molecule has 0 aromatic carbocycles. The Hall–Kier alpha value is 0.177. The summed E-state index contributed by atoms with van der Waals surface area (Å²) in [6, 6.07) is 2.73. The van der Waals surface area contributed by atoms with E-state index in [9.17, 15) is 0 Å². The predicted octanol–water partition coefficient (Wildman–Crippen LogP) is 10.6. The molecule has 0 aliphatic carbocycles. The Labute approximate surface area is 195 Å². The van der Waals surface area contributed by atoms with Gasteiger partial charge in [-0.05, 0) is 19.0 Å². The monoisotopic (exact) mass is 442 g/mol. The molecule has 1 nitrogen and oxygen atoms in total. The van der Waals surface area contributed by atoms with Crippen LogP contribution in [0, 0.1) is 0 Å². The third kappa shape index (κ3) is 30.4. The summed E-state index contributed by atoms with van der Waals surface area (Å²) in [6.07, 6.45) is 29.0. The Kier molecular flexibility index (Phi) is 33.8. The third-order valence-corrected chi connectivity index (χ3v) is 9.33. The lowest BCUT2D eigenvalue weighted by Crippen LogP contribution is -2.16. The van der Waals surface area contributed by atoms with Crippen LogP contribution in [0.15, 0.2) is 0 Å². The number of hydrogen-bond acceptors (Lipinski definition) is 1. The van der Waals surface area contributed by atoms with E-state index in [1.807, 2.05) is 0 Å². The zero-order chi connectivity index (χ0) is 22.5. The van der Waals surface area contributed by atoms with Crippen molar-refractivity contribution in [2.75, 3.05) is 6.61 Å². The Morgan fingerprint density at radius 1 is 0.367 bits per heavy atom. The molecule has 0 aromatic heterocycles. The topological polar surface area (TPSA) is 9.23 Å². The van der Waals surface area contributed by atoms with Gasteiger partial charge in [-0.1, -0.05) is 156 Å². The van der Waals surface area contributed by atoms with Gasteiger partial charge in [0.15, 0.2) is 9.04 Å². The quantitative estimate of drug-likeness (QED) is 0.113. The van der Waals surface area contributed by atoms with Crippen LogP contribution in [0.2, 0.25) is 12.1 Å². The fraction of sp³-hybridized carbons (Fsp3) is 1.00. The summed E-state index contributed by atoms with van der Waals surface area (Å²) in [5.74, 6) is 0. The molecule has 30 heavy (non-hydrogen) atoms. The molecule has 0 fully saturated rings. The summed E-state index contributed by atoms with van der Waals surface area (Å²) in [4.78, 5) is 0. The van der Waals surface area contributed by atoms with Crippen molar-refractivity contribution >= 4 is 9.04 Å². The Balaban J connectivity index is 0. The molecule has 0 bridgehead atoms. The van der Waals surface area contributed by atoms with Crippen LogP contribution in [0.4, 0.5) is 0 Å². The summed E-state index contributed by atoms with van der Waals surface area (Å²) in [5.41, 5.74) is 0. The van der Waals surface area contributed by atoms with Crippen molar-refractivity contribution in [3.8, 4) is 0 Å². The molecule has 0 spiro atoms. The molecule has 0 heterocycles. The minimum Gasteiger partial charge on any atom is -0.420 e. The predicted molar refractivity (Wildman–Crippen MR) is 143 cm³/mol. The van der Waals surface area contributed by atoms with Crippen molar-refractivity contribution in [3.05, 3.63) is 0 Å². The summed E-state index contributed by atoms with van der Waals surface area (Å²) < 4.78 is 5.66. The van der Waals surface area contributed by atoms with Crippen LogP contribution >= 0.6 is 0 Å². The average Bonchev–Trinajstić information content (AvgIpc) is 2.74. The molecule has 0 N–H and O–H groups in total. The van der Waals surface area contributed by atoms with Gasteiger partial charge in [0.25, 0.3) is 0 Å². The average molecular weight is 443 g/mol. The smallest absolute Gasteiger partial charge is 0.176 e. The van der Waals surface area contributed by atoms with Gasteiger partial charge in [0.2, 0.25) is 0 Å². The molecule has 0 aliphatic rings. The van der Waals surface area contributed by atoms with Crippen molar-refractivity contribution < 1.29 is 4.43 Å². The first-order chi connectivity index (χ1) is 14.8. The maximum Gasteiger partial charge on any atom is 0.176 e. The van der Waals surface area contributed by atoms with E-state index in [4.69, 9.17) is 4.43 Å². The highest BCUT2D eigenvalue weighted by Crippen LogP contribution is 2.14. The standard InChI is InChI=1S/C20H42.C8H20OSi/c1-3-5-7-9-11-13-15-17-19-20-18-16-14-12-10-8-6-4-2;1-4-7-10(8-5-2)9-6-3/h3-20H2,1-2H3;10H,4-8H2,1-3H3. The molecule has 0 saturated heterocycles. The maximum absolute atomic E-state index is 5.66. The molecule has 0 unspecified atom stereocenters. The van der Waals surface area contributed by atoms with Crippen LogP contribution in [0.1, 0.15) is 163 Å². The molecular formula is C28H62OSi. The minimum absolute atomic E-state index is 0.734. The number of unbranched alkanes of at least 4 members (excludes halogenated alkanes) is 17. The van der Waals surface area contributed by atoms with Gasteiger partial charge in [0, 0.05) is 6.61 Å². The number of rotatable bonds is 23. The van der Waals surface area contributed by atoms with Crippen LogP contribution in [0.25, 0.3) is 0 Å². The van der Waals surface area contributed by atoms with Crippen molar-refractivity contribution in [1.29, 1.82) is 0 Å². The molecule has 0 rings (SSSR count). The zero-order valence-corrected chi connectivity index (χ0v) is 23.4. The second-order valence-corrected chi connectivity index (χ2v) is 12.0. The van der Waals surface area contributed by atoms with Gasteiger partial charge < -0.3 is 4.43 Å². The second-order valence-electron chi connectivity index (χ2n) is 9.31. The van der Waals surface area contributed by atoms with Crippen LogP contribution in [-0.2, 0) is 4.43 Å². The molecule has 0 aromatic rings. The zero-order valence-electron chi connectivity index (χ0n) is 22.2. The number of hydrogen-bond donors (Lipinski definition) is 0. The van der Waals surface area contributed by atoms with E-state index in [2.05, 4.69) is 34.6 Å². The fourth-order valence-electron chi connectivity index (χ4n) is 4.17. The minimum atomic E-state index is -0.734. The van der Waals surface area contributed by atoms with Crippen LogP contribution in [0.5, 0.6) is 0 Å². The second kappa shape index (κ2) is 31.4. The van der Waals surface area contributed by atoms with E-state index in [-0.39, 0.29) is 0 Å². The first-order valence-corrected chi connectivity index (χ1v) is 16.5. The van der Waals surface area contributed by atoms with Gasteiger partial charge >= 0.3 is 0 Å². The van der Waals surface area contributed by atoms with Crippen LogP contribution in [-0.4, -0.2) is 15.6 Å². The molecule has 0 atom stereocenters.